The molecule has 0 aliphatic rings. The highest BCUT2D eigenvalue weighted by Gasteiger charge is 1.94. The van der Waals surface area contributed by atoms with Crippen molar-refractivity contribution in [1.82, 2.24) is 14.9 Å². The minimum atomic E-state index is 0.479. The molecule has 0 aliphatic heterocycles. The van der Waals surface area contributed by atoms with Crippen LogP contribution in [0.4, 0.5) is 0 Å². The number of benzene rings is 2. The van der Waals surface area contributed by atoms with Crippen molar-refractivity contribution in [2.24, 2.45) is 5.10 Å². The summed E-state index contributed by atoms with van der Waals surface area (Å²) in [7, 11) is 0. The zero-order valence-electron chi connectivity index (χ0n) is 9.45. The zero-order valence-corrected chi connectivity index (χ0v) is 10.3. The summed E-state index contributed by atoms with van der Waals surface area (Å²) in [6, 6.07) is 14.4. The van der Waals surface area contributed by atoms with E-state index in [9.17, 15) is 0 Å². The fourth-order valence-electron chi connectivity index (χ4n) is 1.74. The SMILES string of the molecule is S=c1[nH]ncn1/N=C\c1ccc2ccccc2c1. The quantitative estimate of drug-likeness (QED) is 0.564. The van der Waals surface area contributed by atoms with Gasteiger partial charge in [-0.3, -0.25) is 5.10 Å². The van der Waals surface area contributed by atoms with E-state index in [4.69, 9.17) is 12.2 Å². The summed E-state index contributed by atoms with van der Waals surface area (Å²) in [6.45, 7) is 0. The van der Waals surface area contributed by atoms with Crippen molar-refractivity contribution in [3.8, 4) is 0 Å². The van der Waals surface area contributed by atoms with Crippen LogP contribution >= 0.6 is 12.2 Å². The molecular formula is C13H10N4S. The minimum absolute atomic E-state index is 0.479. The Kier molecular flexibility index (Phi) is 2.74. The summed E-state index contributed by atoms with van der Waals surface area (Å²) >= 11 is 5.01. The van der Waals surface area contributed by atoms with Crippen molar-refractivity contribution in [3.05, 3.63) is 59.1 Å². The summed E-state index contributed by atoms with van der Waals surface area (Å²) in [5.41, 5.74) is 1.02. The molecule has 1 heterocycles. The highest BCUT2D eigenvalue weighted by molar-refractivity contribution is 7.71. The van der Waals surface area contributed by atoms with Crippen molar-refractivity contribution in [2.45, 2.75) is 0 Å². The molecule has 0 atom stereocenters. The van der Waals surface area contributed by atoms with Crippen LogP contribution in [0.3, 0.4) is 0 Å². The Bertz CT molecular complexity index is 770. The lowest BCUT2D eigenvalue weighted by molar-refractivity contribution is 0.863. The first kappa shape index (κ1) is 10.9. The van der Waals surface area contributed by atoms with Gasteiger partial charge in [0.2, 0.25) is 4.77 Å². The van der Waals surface area contributed by atoms with Gasteiger partial charge in [-0.05, 0) is 34.6 Å². The third-order valence-corrected chi connectivity index (χ3v) is 2.92. The third kappa shape index (κ3) is 2.08. The molecule has 1 aromatic heterocycles. The molecule has 88 valence electrons. The molecule has 3 aromatic rings. The van der Waals surface area contributed by atoms with Gasteiger partial charge in [0.15, 0.2) is 0 Å². The molecule has 4 nitrogen and oxygen atoms in total. The van der Waals surface area contributed by atoms with Crippen LogP contribution in [0.2, 0.25) is 0 Å². The normalized spacial score (nSPS) is 11.3. The van der Waals surface area contributed by atoms with Gasteiger partial charge in [-0.1, -0.05) is 36.4 Å². The molecule has 0 fully saturated rings. The molecule has 3 rings (SSSR count). The van der Waals surface area contributed by atoms with Gasteiger partial charge in [-0.15, -0.1) is 0 Å². The summed E-state index contributed by atoms with van der Waals surface area (Å²) < 4.78 is 2.00. The average Bonchev–Trinajstić information content (AvgIpc) is 2.82. The number of hydrogen-bond donors (Lipinski definition) is 1. The molecule has 18 heavy (non-hydrogen) atoms. The van der Waals surface area contributed by atoms with Gasteiger partial charge in [0.05, 0.1) is 6.21 Å². The first-order valence-electron chi connectivity index (χ1n) is 5.48. The van der Waals surface area contributed by atoms with E-state index < -0.39 is 0 Å². The lowest BCUT2D eigenvalue weighted by Gasteiger charge is -1.98. The van der Waals surface area contributed by atoms with Crippen LogP contribution in [0.25, 0.3) is 10.8 Å². The second-order valence-electron chi connectivity index (χ2n) is 3.86. The van der Waals surface area contributed by atoms with Crippen LogP contribution in [0.15, 0.2) is 53.9 Å². The molecule has 0 aliphatic carbocycles. The Balaban J connectivity index is 1.98. The maximum absolute atomic E-state index is 5.01. The molecule has 0 saturated carbocycles. The van der Waals surface area contributed by atoms with Crippen LogP contribution in [0.5, 0.6) is 0 Å². The lowest BCUT2D eigenvalue weighted by Crippen LogP contribution is -1.89. The molecule has 5 heteroatoms. The van der Waals surface area contributed by atoms with Crippen LogP contribution in [-0.4, -0.2) is 21.1 Å². The van der Waals surface area contributed by atoms with Crippen LogP contribution < -0.4 is 0 Å². The maximum atomic E-state index is 5.01. The fraction of sp³-hybridized carbons (Fsp3) is 0. The standard InChI is InChI=1S/C13H10N4S/c18-13-16-14-9-17(13)15-8-10-5-6-11-3-1-2-4-12(11)7-10/h1-9H,(H,16,18)/b15-8-. The third-order valence-electron chi connectivity index (χ3n) is 2.64. The predicted molar refractivity (Wildman–Crippen MR) is 74.4 cm³/mol. The van der Waals surface area contributed by atoms with Crippen molar-refractivity contribution in [3.63, 3.8) is 0 Å². The number of hydrogen-bond acceptors (Lipinski definition) is 3. The van der Waals surface area contributed by atoms with Crippen molar-refractivity contribution in [2.75, 3.05) is 0 Å². The van der Waals surface area contributed by atoms with E-state index in [2.05, 4.69) is 39.6 Å². The van der Waals surface area contributed by atoms with Crippen LogP contribution in [0.1, 0.15) is 5.56 Å². The Morgan fingerprint density at radius 3 is 2.78 bits per heavy atom. The largest absolute Gasteiger partial charge is 0.250 e. The van der Waals surface area contributed by atoms with Gasteiger partial charge in [-0.2, -0.15) is 14.9 Å². The first-order chi connectivity index (χ1) is 8.83. The number of nitrogens with one attached hydrogen (secondary N) is 1. The van der Waals surface area contributed by atoms with Gasteiger partial charge in [0.25, 0.3) is 0 Å². The smallest absolute Gasteiger partial charge is 0.216 e. The Labute approximate surface area is 109 Å². The Morgan fingerprint density at radius 1 is 1.17 bits per heavy atom. The molecule has 0 saturated heterocycles. The van der Waals surface area contributed by atoms with Gasteiger partial charge >= 0.3 is 0 Å². The van der Waals surface area contributed by atoms with E-state index in [0.717, 1.165) is 5.56 Å². The number of rotatable bonds is 2. The maximum Gasteiger partial charge on any atom is 0.216 e. The van der Waals surface area contributed by atoms with E-state index in [1.165, 1.54) is 15.4 Å². The van der Waals surface area contributed by atoms with Crippen LogP contribution in [0, 0.1) is 4.77 Å². The fourth-order valence-corrected chi connectivity index (χ4v) is 1.89. The highest BCUT2D eigenvalue weighted by Crippen LogP contribution is 2.14. The molecular weight excluding hydrogens is 244 g/mol. The second-order valence-corrected chi connectivity index (χ2v) is 4.24. The lowest BCUT2D eigenvalue weighted by atomic mass is 10.1. The highest BCUT2D eigenvalue weighted by atomic mass is 32.1. The van der Waals surface area contributed by atoms with Gasteiger partial charge in [-0.25, -0.2) is 0 Å². The Morgan fingerprint density at radius 2 is 2.00 bits per heavy atom. The van der Waals surface area contributed by atoms with Gasteiger partial charge in [0, 0.05) is 0 Å². The van der Waals surface area contributed by atoms with E-state index in [1.54, 1.807) is 12.5 Å². The zero-order chi connectivity index (χ0) is 12.4. The summed E-state index contributed by atoms with van der Waals surface area (Å²) in [5, 5.41) is 13.1. The minimum Gasteiger partial charge on any atom is -0.250 e. The summed E-state index contributed by atoms with van der Waals surface area (Å²) in [6.07, 6.45) is 3.30. The summed E-state index contributed by atoms with van der Waals surface area (Å²) in [5.74, 6) is 0. The molecule has 0 spiro atoms. The van der Waals surface area contributed by atoms with Crippen molar-refractivity contribution >= 4 is 29.2 Å². The van der Waals surface area contributed by atoms with E-state index in [1.807, 2.05) is 18.2 Å². The molecule has 1 N–H and O–H groups in total. The number of aromatic nitrogens is 3. The number of H-pyrrole nitrogens is 1. The number of nitrogens with zero attached hydrogens (tertiary/aromatic N) is 3. The summed E-state index contributed by atoms with van der Waals surface area (Å²) in [4.78, 5) is 0. The van der Waals surface area contributed by atoms with E-state index >= 15 is 0 Å². The topological polar surface area (TPSA) is 46.0 Å². The monoisotopic (exact) mass is 254 g/mol. The van der Waals surface area contributed by atoms with Gasteiger partial charge in [0.1, 0.15) is 6.33 Å². The molecule has 0 radical (unpaired) electrons. The van der Waals surface area contributed by atoms with E-state index in [-0.39, 0.29) is 0 Å². The predicted octanol–water partition coefficient (Wildman–Crippen LogP) is 2.98. The van der Waals surface area contributed by atoms with Gasteiger partial charge < -0.3 is 0 Å². The molecule has 0 bridgehead atoms. The Hall–Kier alpha value is -2.27. The average molecular weight is 254 g/mol. The van der Waals surface area contributed by atoms with Crippen molar-refractivity contribution < 1.29 is 0 Å². The van der Waals surface area contributed by atoms with Crippen LogP contribution in [-0.2, 0) is 0 Å². The molecule has 2 aromatic carbocycles. The number of fused-ring (bicyclic) bond motifs is 1. The second kappa shape index (κ2) is 4.54. The first-order valence-corrected chi connectivity index (χ1v) is 5.89. The van der Waals surface area contributed by atoms with Crippen molar-refractivity contribution in [1.29, 1.82) is 0 Å². The van der Waals surface area contributed by atoms with E-state index in [0.29, 0.717) is 4.77 Å². The molecule has 0 amide bonds. The number of aromatic amines is 1. The molecule has 0 unspecified atom stereocenters.